The van der Waals surface area contributed by atoms with E-state index in [1.165, 1.54) is 18.2 Å². The number of ether oxygens (including phenoxy) is 1. The summed E-state index contributed by atoms with van der Waals surface area (Å²) >= 11 is 0. The van der Waals surface area contributed by atoms with Crippen LogP contribution in [0.3, 0.4) is 0 Å². The Kier molecular flexibility index (Phi) is 7.06. The second-order valence-corrected chi connectivity index (χ2v) is 6.06. The van der Waals surface area contributed by atoms with Crippen molar-refractivity contribution >= 4 is 11.6 Å². The van der Waals surface area contributed by atoms with Crippen LogP contribution < -0.4 is 11.1 Å². The fraction of sp³-hybridized carbons (Fsp3) is 0.316. The predicted octanol–water partition coefficient (Wildman–Crippen LogP) is 3.14. The van der Waals surface area contributed by atoms with Gasteiger partial charge in [0.1, 0.15) is 11.6 Å². The van der Waals surface area contributed by atoms with E-state index in [0.29, 0.717) is 6.61 Å². The number of benzene rings is 2. The number of methoxy groups -OCH3 is 1. The summed E-state index contributed by atoms with van der Waals surface area (Å²) in [7, 11) is 5.09. The SMILES string of the molecule is COCc1ccccc1NC(N)=NCC(c1c(F)cccc1F)N(C)C. The van der Waals surface area contributed by atoms with Gasteiger partial charge in [0.25, 0.3) is 0 Å². The van der Waals surface area contributed by atoms with Crippen LogP contribution in [-0.4, -0.2) is 38.6 Å². The highest BCUT2D eigenvalue weighted by atomic mass is 19.1. The Morgan fingerprint density at radius 3 is 2.42 bits per heavy atom. The third-order valence-corrected chi connectivity index (χ3v) is 3.97. The summed E-state index contributed by atoms with van der Waals surface area (Å²) in [5.74, 6) is -1.04. The van der Waals surface area contributed by atoms with Crippen molar-refractivity contribution < 1.29 is 13.5 Å². The highest BCUT2D eigenvalue weighted by Crippen LogP contribution is 2.25. The van der Waals surface area contributed by atoms with Crippen LogP contribution >= 0.6 is 0 Å². The molecule has 5 nitrogen and oxygen atoms in total. The van der Waals surface area contributed by atoms with E-state index in [0.717, 1.165) is 11.3 Å². The van der Waals surface area contributed by atoms with Gasteiger partial charge in [0.15, 0.2) is 5.96 Å². The number of nitrogens with two attached hydrogens (primary N) is 1. The monoisotopic (exact) mass is 362 g/mol. The van der Waals surface area contributed by atoms with Gasteiger partial charge < -0.3 is 20.7 Å². The first-order valence-electron chi connectivity index (χ1n) is 8.18. The maximum absolute atomic E-state index is 14.1. The lowest BCUT2D eigenvalue weighted by molar-refractivity contribution is 0.185. The zero-order valence-corrected chi connectivity index (χ0v) is 15.2. The summed E-state index contributed by atoms with van der Waals surface area (Å²) < 4.78 is 33.3. The van der Waals surface area contributed by atoms with Crippen LogP contribution in [0.5, 0.6) is 0 Å². The van der Waals surface area contributed by atoms with Crippen molar-refractivity contribution in [3.8, 4) is 0 Å². The number of likely N-dealkylation sites (N-methyl/N-ethyl adjacent to an activating group) is 1. The molecule has 26 heavy (non-hydrogen) atoms. The minimum absolute atomic E-state index is 0.0196. The Bertz CT molecular complexity index is 745. The number of halogens is 2. The normalized spacial score (nSPS) is 13.1. The molecule has 0 aliphatic carbocycles. The standard InChI is InChI=1S/C19H24F2N4O/c1-25(2)17(18-14(20)8-6-9-15(18)21)11-23-19(22)24-16-10-5-4-7-13(16)12-26-3/h4-10,17H,11-12H2,1-3H3,(H3,22,23,24). The van der Waals surface area contributed by atoms with Crippen molar-refractivity contribution in [3.63, 3.8) is 0 Å². The van der Waals surface area contributed by atoms with E-state index < -0.39 is 17.7 Å². The van der Waals surface area contributed by atoms with Gasteiger partial charge in [0.2, 0.25) is 0 Å². The van der Waals surface area contributed by atoms with Crippen LogP contribution in [0.1, 0.15) is 17.2 Å². The van der Waals surface area contributed by atoms with E-state index >= 15 is 0 Å². The van der Waals surface area contributed by atoms with Crippen molar-refractivity contribution in [2.24, 2.45) is 10.7 Å². The molecule has 3 N–H and O–H groups in total. The zero-order chi connectivity index (χ0) is 19.1. The van der Waals surface area contributed by atoms with Crippen LogP contribution in [0.4, 0.5) is 14.5 Å². The lowest BCUT2D eigenvalue weighted by Gasteiger charge is -2.24. The van der Waals surface area contributed by atoms with Crippen LogP contribution in [0, 0.1) is 11.6 Å². The fourth-order valence-corrected chi connectivity index (χ4v) is 2.63. The minimum Gasteiger partial charge on any atom is -0.380 e. The molecule has 0 fully saturated rings. The highest BCUT2D eigenvalue weighted by Gasteiger charge is 2.22. The smallest absolute Gasteiger partial charge is 0.193 e. The number of hydrogen-bond donors (Lipinski definition) is 2. The molecule has 1 atom stereocenters. The van der Waals surface area contributed by atoms with Crippen molar-refractivity contribution in [2.45, 2.75) is 12.6 Å². The molecule has 2 rings (SSSR count). The Morgan fingerprint density at radius 2 is 1.81 bits per heavy atom. The average molecular weight is 362 g/mol. The lowest BCUT2D eigenvalue weighted by Crippen LogP contribution is -2.28. The number of guanidine groups is 1. The quantitative estimate of drug-likeness (QED) is 0.587. The molecule has 0 spiro atoms. The molecule has 2 aromatic carbocycles. The van der Waals surface area contributed by atoms with Crippen molar-refractivity contribution in [1.82, 2.24) is 4.90 Å². The van der Waals surface area contributed by atoms with Crippen LogP contribution in [0.2, 0.25) is 0 Å². The molecular formula is C19H24F2N4O. The fourth-order valence-electron chi connectivity index (χ4n) is 2.63. The molecule has 1 unspecified atom stereocenters. The van der Waals surface area contributed by atoms with Gasteiger partial charge >= 0.3 is 0 Å². The second kappa shape index (κ2) is 9.26. The molecule has 0 aliphatic rings. The topological polar surface area (TPSA) is 62.9 Å². The number of nitrogens with one attached hydrogen (secondary N) is 1. The van der Waals surface area contributed by atoms with Crippen molar-refractivity contribution in [2.75, 3.05) is 33.1 Å². The molecule has 0 amide bonds. The first-order chi connectivity index (χ1) is 12.4. The molecule has 0 saturated carbocycles. The third kappa shape index (κ3) is 5.00. The van der Waals surface area contributed by atoms with Gasteiger partial charge in [-0.25, -0.2) is 8.78 Å². The number of para-hydroxylation sites is 1. The van der Waals surface area contributed by atoms with Crippen molar-refractivity contribution in [1.29, 1.82) is 0 Å². The molecule has 0 saturated heterocycles. The number of anilines is 1. The summed E-state index contributed by atoms with van der Waals surface area (Å²) in [6.07, 6.45) is 0. The summed E-state index contributed by atoms with van der Waals surface area (Å²) in [6.45, 7) is 0.535. The second-order valence-electron chi connectivity index (χ2n) is 6.06. The third-order valence-electron chi connectivity index (χ3n) is 3.97. The molecule has 0 aromatic heterocycles. The van der Waals surface area contributed by atoms with Gasteiger partial charge in [-0.1, -0.05) is 24.3 Å². The van der Waals surface area contributed by atoms with Crippen LogP contribution in [-0.2, 0) is 11.3 Å². The van der Waals surface area contributed by atoms with E-state index in [2.05, 4.69) is 10.3 Å². The predicted molar refractivity (Wildman–Crippen MR) is 100 cm³/mol. The molecule has 0 heterocycles. The van der Waals surface area contributed by atoms with Crippen LogP contribution in [0.25, 0.3) is 0 Å². The van der Waals surface area contributed by atoms with E-state index in [9.17, 15) is 8.78 Å². The van der Waals surface area contributed by atoms with E-state index in [1.807, 2.05) is 24.3 Å². The van der Waals surface area contributed by atoms with Gasteiger partial charge in [0.05, 0.1) is 19.2 Å². The Labute approximate surface area is 152 Å². The Morgan fingerprint density at radius 1 is 1.15 bits per heavy atom. The first kappa shape index (κ1) is 19.8. The maximum atomic E-state index is 14.1. The van der Waals surface area contributed by atoms with E-state index in [1.54, 1.807) is 26.1 Å². The Hall–Kier alpha value is -2.51. The van der Waals surface area contributed by atoms with Gasteiger partial charge in [-0.05, 0) is 32.3 Å². The summed E-state index contributed by atoms with van der Waals surface area (Å²) in [6, 6.07) is 10.8. The zero-order valence-electron chi connectivity index (χ0n) is 15.2. The number of nitrogens with zero attached hydrogens (tertiary/aromatic N) is 2. The van der Waals surface area contributed by atoms with Crippen molar-refractivity contribution in [3.05, 3.63) is 65.2 Å². The number of hydrogen-bond acceptors (Lipinski definition) is 3. The molecule has 7 heteroatoms. The van der Waals surface area contributed by atoms with Gasteiger partial charge in [-0.3, -0.25) is 4.99 Å². The summed E-state index contributed by atoms with van der Waals surface area (Å²) in [5, 5.41) is 3.01. The molecule has 0 aliphatic heterocycles. The largest absolute Gasteiger partial charge is 0.380 e. The molecule has 140 valence electrons. The number of aliphatic imine (C=N–C) groups is 1. The molecule has 0 radical (unpaired) electrons. The molecule has 2 aromatic rings. The van der Waals surface area contributed by atoms with E-state index in [4.69, 9.17) is 10.5 Å². The summed E-state index contributed by atoms with van der Waals surface area (Å²) in [5.41, 5.74) is 7.65. The van der Waals surface area contributed by atoms with Gasteiger partial charge in [-0.15, -0.1) is 0 Å². The lowest BCUT2D eigenvalue weighted by atomic mass is 10.0. The number of rotatable bonds is 7. The molecule has 0 bridgehead atoms. The summed E-state index contributed by atoms with van der Waals surface area (Å²) in [4.78, 5) is 5.97. The minimum atomic E-state index is -0.601. The van der Waals surface area contributed by atoms with E-state index in [-0.39, 0.29) is 18.1 Å². The van der Waals surface area contributed by atoms with Crippen LogP contribution in [0.15, 0.2) is 47.5 Å². The average Bonchev–Trinajstić information content (AvgIpc) is 2.59. The Balaban J connectivity index is 2.18. The van der Waals surface area contributed by atoms with Gasteiger partial charge in [-0.2, -0.15) is 0 Å². The maximum Gasteiger partial charge on any atom is 0.193 e. The van der Waals surface area contributed by atoms with Gasteiger partial charge in [0, 0.05) is 23.9 Å². The highest BCUT2D eigenvalue weighted by molar-refractivity contribution is 5.93. The molecular weight excluding hydrogens is 338 g/mol. The first-order valence-corrected chi connectivity index (χ1v) is 8.18.